The number of hydrogen-bond donors (Lipinski definition) is 1. The number of rotatable bonds is 4. The number of methoxy groups -OCH3 is 1. The normalized spacial score (nSPS) is 17.7. The van der Waals surface area contributed by atoms with Gasteiger partial charge in [-0.1, -0.05) is 35.2 Å². The molecule has 1 N–H and O–H groups in total. The van der Waals surface area contributed by atoms with E-state index in [9.17, 15) is 5.26 Å². The maximum Gasteiger partial charge on any atom is 0.125 e. The Kier molecular flexibility index (Phi) is 5.24. The van der Waals surface area contributed by atoms with Gasteiger partial charge in [0.2, 0.25) is 0 Å². The highest BCUT2D eigenvalue weighted by Crippen LogP contribution is 2.30. The van der Waals surface area contributed by atoms with Gasteiger partial charge >= 0.3 is 0 Å². The molecule has 0 aromatic heterocycles. The first-order valence-corrected chi connectivity index (χ1v) is 7.53. The molecular formula is C15H19BrN2O. The number of benzene rings is 1. The highest BCUT2D eigenvalue weighted by molar-refractivity contribution is 9.10. The van der Waals surface area contributed by atoms with E-state index in [4.69, 9.17) is 4.74 Å². The first-order valence-electron chi connectivity index (χ1n) is 6.73. The van der Waals surface area contributed by atoms with Crippen molar-refractivity contribution in [1.82, 2.24) is 5.32 Å². The van der Waals surface area contributed by atoms with Crippen LogP contribution in [0.5, 0.6) is 5.75 Å². The molecule has 1 atom stereocenters. The van der Waals surface area contributed by atoms with Crippen LogP contribution in [0.1, 0.15) is 43.7 Å². The van der Waals surface area contributed by atoms with E-state index in [-0.39, 0.29) is 6.04 Å². The van der Waals surface area contributed by atoms with Gasteiger partial charge in [0.25, 0.3) is 0 Å². The number of ether oxygens (including phenoxy) is 1. The zero-order valence-electron chi connectivity index (χ0n) is 11.2. The lowest BCUT2D eigenvalue weighted by molar-refractivity contribution is 0.352. The van der Waals surface area contributed by atoms with E-state index in [1.54, 1.807) is 7.11 Å². The maximum atomic E-state index is 9.44. The van der Waals surface area contributed by atoms with E-state index in [1.807, 2.05) is 18.2 Å². The van der Waals surface area contributed by atoms with Crippen molar-refractivity contribution in [3.8, 4) is 11.8 Å². The predicted octanol–water partition coefficient (Wildman–Crippen LogP) is 3.94. The molecule has 1 aromatic carbocycles. The van der Waals surface area contributed by atoms with Crippen molar-refractivity contribution < 1.29 is 4.74 Å². The molecule has 1 aliphatic carbocycles. The molecule has 1 saturated carbocycles. The molecule has 4 heteroatoms. The molecule has 0 radical (unpaired) electrons. The third-order valence-electron chi connectivity index (χ3n) is 3.64. The summed E-state index contributed by atoms with van der Waals surface area (Å²) in [4.78, 5) is 0. The molecule has 1 aromatic rings. The molecule has 1 unspecified atom stereocenters. The summed E-state index contributed by atoms with van der Waals surface area (Å²) in [5, 5.41) is 12.9. The van der Waals surface area contributed by atoms with Gasteiger partial charge in [-0.3, -0.25) is 5.32 Å². The molecule has 0 spiro atoms. The molecule has 19 heavy (non-hydrogen) atoms. The Morgan fingerprint density at radius 1 is 1.37 bits per heavy atom. The highest BCUT2D eigenvalue weighted by Gasteiger charge is 2.21. The van der Waals surface area contributed by atoms with E-state index in [0.717, 1.165) is 28.6 Å². The van der Waals surface area contributed by atoms with Crippen LogP contribution in [0.25, 0.3) is 0 Å². The van der Waals surface area contributed by atoms with Crippen LogP contribution in [0.2, 0.25) is 0 Å². The molecule has 3 nitrogen and oxygen atoms in total. The number of halogens is 1. The van der Waals surface area contributed by atoms with Crippen molar-refractivity contribution in [2.24, 2.45) is 0 Å². The fourth-order valence-corrected chi connectivity index (χ4v) is 3.01. The quantitative estimate of drug-likeness (QED) is 0.913. The number of nitrogens with one attached hydrogen (secondary N) is 1. The smallest absolute Gasteiger partial charge is 0.125 e. The summed E-state index contributed by atoms with van der Waals surface area (Å²) < 4.78 is 6.33. The van der Waals surface area contributed by atoms with Crippen molar-refractivity contribution in [2.45, 2.75) is 44.2 Å². The van der Waals surface area contributed by atoms with Gasteiger partial charge in [0.15, 0.2) is 0 Å². The molecule has 0 amide bonds. The van der Waals surface area contributed by atoms with Gasteiger partial charge in [-0.15, -0.1) is 0 Å². The van der Waals surface area contributed by atoms with Gasteiger partial charge in [-0.05, 0) is 31.0 Å². The predicted molar refractivity (Wildman–Crippen MR) is 79.1 cm³/mol. The van der Waals surface area contributed by atoms with Crippen LogP contribution in [-0.2, 0) is 0 Å². The average molecular weight is 323 g/mol. The lowest BCUT2D eigenvalue weighted by atomic mass is 9.94. The summed E-state index contributed by atoms with van der Waals surface area (Å²) in [6.07, 6.45) is 6.15. The molecule has 0 bridgehead atoms. The first-order chi connectivity index (χ1) is 9.24. The molecular weight excluding hydrogens is 304 g/mol. The molecule has 1 fully saturated rings. The van der Waals surface area contributed by atoms with Crippen molar-refractivity contribution in [2.75, 3.05) is 7.11 Å². The third-order valence-corrected chi connectivity index (χ3v) is 4.13. The third kappa shape index (κ3) is 3.71. The minimum atomic E-state index is -0.310. The zero-order chi connectivity index (χ0) is 13.7. The minimum Gasteiger partial charge on any atom is -0.496 e. The Morgan fingerprint density at radius 2 is 2.11 bits per heavy atom. The Hall–Kier alpha value is -1.05. The van der Waals surface area contributed by atoms with Crippen LogP contribution < -0.4 is 10.1 Å². The first kappa shape index (κ1) is 14.4. The van der Waals surface area contributed by atoms with Gasteiger partial charge < -0.3 is 4.74 Å². The topological polar surface area (TPSA) is 45.0 Å². The monoisotopic (exact) mass is 322 g/mol. The highest BCUT2D eigenvalue weighted by atomic mass is 79.9. The summed E-state index contributed by atoms with van der Waals surface area (Å²) in [6.45, 7) is 0. The Morgan fingerprint density at radius 3 is 2.74 bits per heavy atom. The van der Waals surface area contributed by atoms with Crippen LogP contribution in [0, 0.1) is 11.3 Å². The van der Waals surface area contributed by atoms with Crippen molar-refractivity contribution in [3.63, 3.8) is 0 Å². The van der Waals surface area contributed by atoms with Crippen molar-refractivity contribution in [3.05, 3.63) is 28.2 Å². The lowest BCUT2D eigenvalue weighted by Gasteiger charge is -2.26. The Bertz CT molecular complexity index is 464. The zero-order valence-corrected chi connectivity index (χ0v) is 12.7. The summed E-state index contributed by atoms with van der Waals surface area (Å²) in [7, 11) is 1.64. The molecule has 102 valence electrons. The number of hydrogen-bond acceptors (Lipinski definition) is 3. The summed E-state index contributed by atoms with van der Waals surface area (Å²) >= 11 is 3.46. The van der Waals surface area contributed by atoms with Crippen LogP contribution in [0.15, 0.2) is 22.7 Å². The number of nitrogens with zero attached hydrogens (tertiary/aromatic N) is 1. The van der Waals surface area contributed by atoms with E-state index in [1.165, 1.54) is 19.3 Å². The van der Waals surface area contributed by atoms with Gasteiger partial charge in [0.05, 0.1) is 13.2 Å². The lowest BCUT2D eigenvalue weighted by Crippen LogP contribution is -2.34. The van der Waals surface area contributed by atoms with E-state index in [0.29, 0.717) is 6.04 Å². The van der Waals surface area contributed by atoms with Crippen LogP contribution >= 0.6 is 15.9 Å². The molecule has 0 saturated heterocycles. The van der Waals surface area contributed by atoms with Gasteiger partial charge in [-0.25, -0.2) is 0 Å². The second-order valence-electron chi connectivity index (χ2n) is 4.95. The fraction of sp³-hybridized carbons (Fsp3) is 0.533. The Labute approximate surface area is 123 Å². The van der Waals surface area contributed by atoms with Crippen LogP contribution in [0.3, 0.4) is 0 Å². The van der Waals surface area contributed by atoms with E-state index < -0.39 is 0 Å². The summed E-state index contributed by atoms with van der Waals surface area (Å²) in [5.74, 6) is 0.762. The van der Waals surface area contributed by atoms with Gasteiger partial charge in [0.1, 0.15) is 11.8 Å². The van der Waals surface area contributed by atoms with Crippen molar-refractivity contribution in [1.29, 1.82) is 5.26 Å². The van der Waals surface area contributed by atoms with Crippen LogP contribution in [-0.4, -0.2) is 13.2 Å². The van der Waals surface area contributed by atoms with Gasteiger partial charge in [-0.2, -0.15) is 5.26 Å². The average Bonchev–Trinajstić information content (AvgIpc) is 2.46. The maximum absolute atomic E-state index is 9.44. The van der Waals surface area contributed by atoms with E-state index in [2.05, 4.69) is 27.3 Å². The molecule has 0 aliphatic heterocycles. The Balaban J connectivity index is 2.16. The second-order valence-corrected chi connectivity index (χ2v) is 5.87. The minimum absolute atomic E-state index is 0.310. The molecule has 2 rings (SSSR count). The van der Waals surface area contributed by atoms with Crippen molar-refractivity contribution >= 4 is 15.9 Å². The standard InChI is InChI=1S/C15H19BrN2O/c1-19-15-8-7-11(16)9-13(15)14(10-17)18-12-5-3-2-4-6-12/h7-9,12,14,18H,2-6H2,1H3. The van der Waals surface area contributed by atoms with Gasteiger partial charge in [0, 0.05) is 16.1 Å². The molecule has 1 aliphatic rings. The van der Waals surface area contributed by atoms with Crippen LogP contribution in [0.4, 0.5) is 0 Å². The largest absolute Gasteiger partial charge is 0.496 e. The second kappa shape index (κ2) is 6.93. The number of nitriles is 1. The summed E-state index contributed by atoms with van der Waals surface area (Å²) in [5.41, 5.74) is 0.907. The fourth-order valence-electron chi connectivity index (χ4n) is 2.63. The van der Waals surface area contributed by atoms with E-state index >= 15 is 0 Å². The molecule has 0 heterocycles. The summed E-state index contributed by atoms with van der Waals surface area (Å²) in [6, 6.07) is 8.28. The SMILES string of the molecule is COc1ccc(Br)cc1C(C#N)NC1CCCCC1.